The second kappa shape index (κ2) is 4.52. The minimum atomic E-state index is 0.474. The summed E-state index contributed by atoms with van der Waals surface area (Å²) in [6.07, 6.45) is 4.11. The summed E-state index contributed by atoms with van der Waals surface area (Å²) in [5.41, 5.74) is 0.999. The highest BCUT2D eigenvalue weighted by Gasteiger charge is 2.16. The maximum atomic E-state index is 5.30. The molecule has 1 saturated heterocycles. The normalized spacial score (nSPS) is 18.6. The van der Waals surface area contributed by atoms with E-state index in [1.54, 1.807) is 0 Å². The van der Waals surface area contributed by atoms with Gasteiger partial charge in [-0.15, -0.1) is 5.10 Å². The molecule has 0 radical (unpaired) electrons. The Hall–Kier alpha value is -0.940. The molecule has 5 nitrogen and oxygen atoms in total. The Morgan fingerprint density at radius 3 is 3.07 bits per heavy atom. The van der Waals surface area contributed by atoms with Crippen LogP contribution in [0.15, 0.2) is 6.20 Å². The van der Waals surface area contributed by atoms with Gasteiger partial charge in [-0.1, -0.05) is 5.21 Å². The lowest BCUT2D eigenvalue weighted by molar-refractivity contribution is 0.0657. The fourth-order valence-electron chi connectivity index (χ4n) is 1.70. The van der Waals surface area contributed by atoms with Crippen molar-refractivity contribution in [1.82, 2.24) is 20.3 Å². The molecular weight excluding hydrogens is 180 g/mol. The summed E-state index contributed by atoms with van der Waals surface area (Å²) in [6.45, 7) is 2.46. The standard InChI is InChI=1S/C9H16N4O/c1-10-6-8-7-13(12-11-8)9-2-4-14-5-3-9/h7,9-10H,2-6H2,1H3. The summed E-state index contributed by atoms with van der Waals surface area (Å²) in [5.74, 6) is 0. The van der Waals surface area contributed by atoms with Crippen molar-refractivity contribution in [2.45, 2.75) is 25.4 Å². The Morgan fingerprint density at radius 1 is 1.57 bits per heavy atom. The lowest BCUT2D eigenvalue weighted by Crippen LogP contribution is -2.20. The van der Waals surface area contributed by atoms with Crippen LogP contribution >= 0.6 is 0 Å². The van der Waals surface area contributed by atoms with Gasteiger partial charge >= 0.3 is 0 Å². The van der Waals surface area contributed by atoms with E-state index in [9.17, 15) is 0 Å². The molecule has 0 unspecified atom stereocenters. The number of nitrogens with one attached hydrogen (secondary N) is 1. The van der Waals surface area contributed by atoms with Crippen molar-refractivity contribution in [2.24, 2.45) is 0 Å². The smallest absolute Gasteiger partial charge is 0.0964 e. The quantitative estimate of drug-likeness (QED) is 0.758. The monoisotopic (exact) mass is 196 g/mol. The Labute approximate surface area is 83.4 Å². The van der Waals surface area contributed by atoms with Crippen LogP contribution in [-0.4, -0.2) is 35.3 Å². The van der Waals surface area contributed by atoms with Crippen LogP contribution in [0.25, 0.3) is 0 Å². The zero-order valence-corrected chi connectivity index (χ0v) is 8.44. The fourth-order valence-corrected chi connectivity index (χ4v) is 1.70. The highest BCUT2D eigenvalue weighted by Crippen LogP contribution is 2.19. The number of hydrogen-bond donors (Lipinski definition) is 1. The zero-order chi connectivity index (χ0) is 9.80. The summed E-state index contributed by atoms with van der Waals surface area (Å²) in [6, 6.07) is 0.474. The van der Waals surface area contributed by atoms with Gasteiger partial charge in [0.2, 0.25) is 0 Å². The van der Waals surface area contributed by atoms with Crippen LogP contribution in [0.3, 0.4) is 0 Å². The maximum Gasteiger partial charge on any atom is 0.0964 e. The van der Waals surface area contributed by atoms with Crippen LogP contribution in [0.4, 0.5) is 0 Å². The van der Waals surface area contributed by atoms with Gasteiger partial charge < -0.3 is 10.1 Å². The van der Waals surface area contributed by atoms with Crippen molar-refractivity contribution in [3.8, 4) is 0 Å². The largest absolute Gasteiger partial charge is 0.381 e. The van der Waals surface area contributed by atoms with E-state index in [2.05, 4.69) is 15.6 Å². The lowest BCUT2D eigenvalue weighted by atomic mass is 10.1. The molecule has 0 atom stereocenters. The molecule has 1 N–H and O–H groups in total. The van der Waals surface area contributed by atoms with E-state index in [0.717, 1.165) is 38.3 Å². The first-order valence-electron chi connectivity index (χ1n) is 5.03. The van der Waals surface area contributed by atoms with Gasteiger partial charge in [0.25, 0.3) is 0 Å². The van der Waals surface area contributed by atoms with Crippen molar-refractivity contribution in [2.75, 3.05) is 20.3 Å². The number of rotatable bonds is 3. The van der Waals surface area contributed by atoms with Crippen molar-refractivity contribution in [1.29, 1.82) is 0 Å². The lowest BCUT2D eigenvalue weighted by Gasteiger charge is -2.21. The number of aromatic nitrogens is 3. The number of ether oxygens (including phenoxy) is 1. The summed E-state index contributed by atoms with van der Waals surface area (Å²) >= 11 is 0. The highest BCUT2D eigenvalue weighted by atomic mass is 16.5. The van der Waals surface area contributed by atoms with Crippen LogP contribution in [0.5, 0.6) is 0 Å². The third kappa shape index (κ3) is 2.10. The van der Waals surface area contributed by atoms with Crippen LogP contribution in [0, 0.1) is 0 Å². The van der Waals surface area contributed by atoms with Gasteiger partial charge in [0.1, 0.15) is 0 Å². The molecule has 0 bridgehead atoms. The van der Waals surface area contributed by atoms with Crippen LogP contribution in [-0.2, 0) is 11.3 Å². The topological polar surface area (TPSA) is 52.0 Å². The first kappa shape index (κ1) is 9.61. The molecule has 1 aliphatic heterocycles. The summed E-state index contributed by atoms with van der Waals surface area (Å²) in [5, 5.41) is 11.3. The third-order valence-electron chi connectivity index (χ3n) is 2.48. The summed E-state index contributed by atoms with van der Waals surface area (Å²) < 4.78 is 7.27. The van der Waals surface area contributed by atoms with Gasteiger partial charge in [-0.05, 0) is 19.9 Å². The molecule has 0 aliphatic carbocycles. The fraction of sp³-hybridized carbons (Fsp3) is 0.778. The summed E-state index contributed by atoms with van der Waals surface area (Å²) in [4.78, 5) is 0. The van der Waals surface area contributed by atoms with Crippen LogP contribution in [0.1, 0.15) is 24.6 Å². The van der Waals surface area contributed by atoms with Crippen molar-refractivity contribution < 1.29 is 4.74 Å². The van der Waals surface area contributed by atoms with E-state index in [0.29, 0.717) is 6.04 Å². The number of nitrogens with zero attached hydrogens (tertiary/aromatic N) is 3. The van der Waals surface area contributed by atoms with Crippen molar-refractivity contribution in [3.63, 3.8) is 0 Å². The van der Waals surface area contributed by atoms with Gasteiger partial charge in [-0.3, -0.25) is 0 Å². The molecule has 14 heavy (non-hydrogen) atoms. The van der Waals surface area contributed by atoms with Gasteiger partial charge in [0.15, 0.2) is 0 Å². The molecular formula is C9H16N4O. The van der Waals surface area contributed by atoms with E-state index in [1.165, 1.54) is 0 Å². The van der Waals surface area contributed by atoms with Crippen LogP contribution in [0.2, 0.25) is 0 Å². The molecule has 2 rings (SSSR count). The van der Waals surface area contributed by atoms with Crippen molar-refractivity contribution >= 4 is 0 Å². The molecule has 0 saturated carbocycles. The predicted octanol–water partition coefficient (Wildman–Crippen LogP) is 0.349. The minimum absolute atomic E-state index is 0.474. The molecule has 78 valence electrons. The van der Waals surface area contributed by atoms with Gasteiger partial charge in [-0.25, -0.2) is 4.68 Å². The Balaban J connectivity index is 2.00. The third-order valence-corrected chi connectivity index (χ3v) is 2.48. The first-order valence-corrected chi connectivity index (χ1v) is 5.03. The molecule has 0 amide bonds. The SMILES string of the molecule is CNCc1cn(C2CCOCC2)nn1. The van der Waals surface area contributed by atoms with E-state index in [1.807, 2.05) is 17.9 Å². The average Bonchev–Trinajstić information content (AvgIpc) is 2.68. The maximum absolute atomic E-state index is 5.30. The van der Waals surface area contributed by atoms with Crippen LogP contribution < -0.4 is 5.32 Å². The summed E-state index contributed by atoms with van der Waals surface area (Å²) in [7, 11) is 1.91. The molecule has 1 aromatic heterocycles. The van der Waals surface area contributed by atoms with Gasteiger partial charge in [-0.2, -0.15) is 0 Å². The van der Waals surface area contributed by atoms with Gasteiger partial charge in [0.05, 0.1) is 17.9 Å². The highest BCUT2D eigenvalue weighted by molar-refractivity contribution is 4.92. The molecule has 2 heterocycles. The molecule has 0 aromatic carbocycles. The van der Waals surface area contributed by atoms with E-state index < -0.39 is 0 Å². The minimum Gasteiger partial charge on any atom is -0.381 e. The predicted molar refractivity (Wildman–Crippen MR) is 51.9 cm³/mol. The molecule has 1 aliphatic rings. The second-order valence-corrected chi connectivity index (χ2v) is 3.56. The molecule has 1 aromatic rings. The Morgan fingerprint density at radius 2 is 2.36 bits per heavy atom. The molecule has 1 fully saturated rings. The Bertz CT molecular complexity index is 280. The molecule has 5 heteroatoms. The average molecular weight is 196 g/mol. The Kier molecular flexibility index (Phi) is 3.10. The van der Waals surface area contributed by atoms with Crippen molar-refractivity contribution in [3.05, 3.63) is 11.9 Å². The molecule has 0 spiro atoms. The van der Waals surface area contributed by atoms with Gasteiger partial charge in [0, 0.05) is 19.8 Å². The second-order valence-electron chi connectivity index (χ2n) is 3.56. The number of hydrogen-bond acceptors (Lipinski definition) is 4. The van der Waals surface area contributed by atoms with E-state index >= 15 is 0 Å². The van der Waals surface area contributed by atoms with E-state index in [-0.39, 0.29) is 0 Å². The van der Waals surface area contributed by atoms with E-state index in [4.69, 9.17) is 4.74 Å². The first-order chi connectivity index (χ1) is 6.90. The zero-order valence-electron chi connectivity index (χ0n) is 8.44.